The summed E-state index contributed by atoms with van der Waals surface area (Å²) in [4.78, 5) is 18.9. The topological polar surface area (TPSA) is 65.5 Å². The molecular weight excluding hydrogens is 334 g/mol. The van der Waals surface area contributed by atoms with Crippen LogP contribution >= 0.6 is 0 Å². The molecule has 3 heterocycles. The number of likely N-dealkylation sites (tertiary alicyclic amines) is 1. The molecule has 26 heavy (non-hydrogen) atoms. The third-order valence-electron chi connectivity index (χ3n) is 5.64. The number of aliphatic hydroxyl groups is 1. The first-order valence-electron chi connectivity index (χ1n) is 10.3. The number of ether oxygens (including phenoxy) is 2. The Bertz CT molecular complexity index is 417. The van der Waals surface area contributed by atoms with E-state index in [2.05, 4.69) is 9.80 Å². The second kappa shape index (κ2) is 10.6. The number of hydrogen-bond acceptors (Lipinski definition) is 6. The zero-order valence-corrected chi connectivity index (χ0v) is 16.0. The Balaban J connectivity index is 1.26. The summed E-state index contributed by atoms with van der Waals surface area (Å²) in [6.07, 6.45) is 5.47. The molecule has 3 fully saturated rings. The normalized spacial score (nSPS) is 27.0. The Morgan fingerprint density at radius 1 is 1.04 bits per heavy atom. The van der Waals surface area contributed by atoms with Crippen molar-refractivity contribution in [1.82, 2.24) is 14.7 Å². The highest BCUT2D eigenvalue weighted by atomic mass is 16.5. The summed E-state index contributed by atoms with van der Waals surface area (Å²) in [7, 11) is 0. The quantitative estimate of drug-likeness (QED) is 0.658. The summed E-state index contributed by atoms with van der Waals surface area (Å²) in [5.41, 5.74) is 0. The summed E-state index contributed by atoms with van der Waals surface area (Å²) < 4.78 is 11.1. The highest BCUT2D eigenvalue weighted by Gasteiger charge is 2.24. The first kappa shape index (κ1) is 20.0. The van der Waals surface area contributed by atoms with Crippen LogP contribution in [-0.4, -0.2) is 110 Å². The largest absolute Gasteiger partial charge is 0.389 e. The first-order chi connectivity index (χ1) is 12.7. The van der Waals surface area contributed by atoms with Gasteiger partial charge in [-0.25, -0.2) is 0 Å². The highest BCUT2D eigenvalue weighted by Crippen LogP contribution is 2.12. The Morgan fingerprint density at radius 2 is 1.77 bits per heavy atom. The Kier molecular flexibility index (Phi) is 8.13. The molecule has 7 heteroatoms. The van der Waals surface area contributed by atoms with Crippen LogP contribution < -0.4 is 0 Å². The minimum absolute atomic E-state index is 0.211. The van der Waals surface area contributed by atoms with Gasteiger partial charge in [0.15, 0.2) is 0 Å². The lowest BCUT2D eigenvalue weighted by Gasteiger charge is -2.36. The number of rotatable bonds is 8. The second-order valence-corrected chi connectivity index (χ2v) is 7.84. The molecule has 2 unspecified atom stereocenters. The van der Waals surface area contributed by atoms with E-state index in [0.717, 1.165) is 71.6 Å². The molecule has 0 aromatic heterocycles. The zero-order chi connectivity index (χ0) is 18.2. The van der Waals surface area contributed by atoms with Gasteiger partial charge in [-0.3, -0.25) is 14.6 Å². The maximum Gasteiger partial charge on any atom is 0.236 e. The third-order valence-corrected chi connectivity index (χ3v) is 5.64. The summed E-state index contributed by atoms with van der Waals surface area (Å²) in [5.74, 6) is 0.278. The molecular formula is C19H35N3O4. The number of nitrogens with zero attached hydrogens (tertiary/aromatic N) is 3. The third kappa shape index (κ3) is 6.46. The van der Waals surface area contributed by atoms with Crippen molar-refractivity contribution in [2.24, 2.45) is 0 Å². The molecule has 0 radical (unpaired) electrons. The van der Waals surface area contributed by atoms with Gasteiger partial charge < -0.3 is 19.5 Å². The van der Waals surface area contributed by atoms with Crippen LogP contribution in [0.4, 0.5) is 0 Å². The molecule has 0 bridgehead atoms. The summed E-state index contributed by atoms with van der Waals surface area (Å²) in [6.45, 7) is 8.41. The van der Waals surface area contributed by atoms with Gasteiger partial charge in [-0.2, -0.15) is 0 Å². The van der Waals surface area contributed by atoms with Crippen molar-refractivity contribution in [2.45, 2.75) is 44.3 Å². The maximum atomic E-state index is 12.4. The van der Waals surface area contributed by atoms with Crippen LogP contribution in [0, 0.1) is 0 Å². The Labute approximate surface area is 157 Å². The van der Waals surface area contributed by atoms with Crippen molar-refractivity contribution in [3.8, 4) is 0 Å². The molecule has 7 nitrogen and oxygen atoms in total. The lowest BCUT2D eigenvalue weighted by atomic mass is 10.1. The molecule has 0 saturated carbocycles. The average Bonchev–Trinajstić information content (AvgIpc) is 3.17. The number of aliphatic hydroxyl groups excluding tert-OH is 1. The van der Waals surface area contributed by atoms with E-state index in [9.17, 15) is 9.90 Å². The van der Waals surface area contributed by atoms with Crippen molar-refractivity contribution >= 4 is 5.91 Å². The molecule has 2 atom stereocenters. The van der Waals surface area contributed by atoms with Crippen LogP contribution in [0.5, 0.6) is 0 Å². The average molecular weight is 370 g/mol. The standard InChI is InChI=1S/C19H35N3O4/c23-17(15-25-16-18-5-4-12-26-18)13-20-8-10-21(11-9-20)14-19(24)22-6-2-1-3-7-22/h17-18,23H,1-16H2. The molecule has 1 amide bonds. The van der Waals surface area contributed by atoms with E-state index in [1.54, 1.807) is 0 Å². The highest BCUT2D eigenvalue weighted by molar-refractivity contribution is 5.78. The molecule has 0 aromatic rings. The minimum Gasteiger partial charge on any atom is -0.389 e. The fourth-order valence-corrected chi connectivity index (χ4v) is 4.03. The lowest BCUT2D eigenvalue weighted by Crippen LogP contribution is -2.52. The van der Waals surface area contributed by atoms with Crippen LogP contribution in [0.3, 0.4) is 0 Å². The summed E-state index contributed by atoms with van der Waals surface area (Å²) in [5, 5.41) is 10.2. The van der Waals surface area contributed by atoms with Gasteiger partial charge in [-0.1, -0.05) is 0 Å². The van der Waals surface area contributed by atoms with E-state index in [4.69, 9.17) is 9.47 Å². The van der Waals surface area contributed by atoms with E-state index in [0.29, 0.717) is 26.3 Å². The molecule has 0 aliphatic carbocycles. The van der Waals surface area contributed by atoms with Crippen LogP contribution in [0.1, 0.15) is 32.1 Å². The van der Waals surface area contributed by atoms with E-state index >= 15 is 0 Å². The van der Waals surface area contributed by atoms with Crippen LogP contribution in [-0.2, 0) is 14.3 Å². The predicted molar refractivity (Wildman–Crippen MR) is 99.1 cm³/mol. The fraction of sp³-hybridized carbons (Fsp3) is 0.947. The molecule has 1 N–H and O–H groups in total. The van der Waals surface area contributed by atoms with E-state index < -0.39 is 6.10 Å². The second-order valence-electron chi connectivity index (χ2n) is 7.84. The van der Waals surface area contributed by atoms with Gasteiger partial charge >= 0.3 is 0 Å². The number of hydrogen-bond donors (Lipinski definition) is 1. The number of carbonyl (C=O) groups excluding carboxylic acids is 1. The van der Waals surface area contributed by atoms with Crippen LogP contribution in [0.2, 0.25) is 0 Å². The van der Waals surface area contributed by atoms with E-state index in [1.165, 1.54) is 6.42 Å². The maximum absolute atomic E-state index is 12.4. The number of amides is 1. The number of β-amino-alcohol motifs (C(OH)–C–C–N with tert-alkyl or cyclic N) is 1. The van der Waals surface area contributed by atoms with E-state index in [1.807, 2.05) is 4.90 Å². The number of piperidine rings is 1. The smallest absolute Gasteiger partial charge is 0.236 e. The molecule has 3 rings (SSSR count). The van der Waals surface area contributed by atoms with Gasteiger partial charge in [0.25, 0.3) is 0 Å². The molecule has 0 spiro atoms. The van der Waals surface area contributed by atoms with E-state index in [-0.39, 0.29) is 12.0 Å². The first-order valence-corrected chi connectivity index (χ1v) is 10.3. The summed E-state index contributed by atoms with van der Waals surface area (Å²) in [6, 6.07) is 0. The van der Waals surface area contributed by atoms with Gasteiger partial charge in [0.05, 0.1) is 32.0 Å². The number of carbonyl (C=O) groups is 1. The molecule has 150 valence electrons. The monoisotopic (exact) mass is 369 g/mol. The Morgan fingerprint density at radius 3 is 2.46 bits per heavy atom. The molecule has 3 aliphatic rings. The van der Waals surface area contributed by atoms with Crippen molar-refractivity contribution in [3.63, 3.8) is 0 Å². The van der Waals surface area contributed by atoms with Gasteiger partial charge in [-0.15, -0.1) is 0 Å². The van der Waals surface area contributed by atoms with Crippen LogP contribution in [0.15, 0.2) is 0 Å². The van der Waals surface area contributed by atoms with Gasteiger partial charge in [0.2, 0.25) is 5.91 Å². The Hall–Kier alpha value is -0.730. The van der Waals surface area contributed by atoms with Gasteiger partial charge in [-0.05, 0) is 32.1 Å². The number of piperazine rings is 1. The molecule has 3 aliphatic heterocycles. The van der Waals surface area contributed by atoms with Gasteiger partial charge in [0.1, 0.15) is 0 Å². The zero-order valence-electron chi connectivity index (χ0n) is 16.0. The van der Waals surface area contributed by atoms with Crippen LogP contribution in [0.25, 0.3) is 0 Å². The van der Waals surface area contributed by atoms with Crippen molar-refractivity contribution in [3.05, 3.63) is 0 Å². The predicted octanol–water partition coefficient (Wildman–Crippen LogP) is 0.173. The van der Waals surface area contributed by atoms with Gasteiger partial charge in [0, 0.05) is 52.4 Å². The van der Waals surface area contributed by atoms with Crippen molar-refractivity contribution in [1.29, 1.82) is 0 Å². The fourth-order valence-electron chi connectivity index (χ4n) is 4.03. The van der Waals surface area contributed by atoms with Crippen molar-refractivity contribution < 1.29 is 19.4 Å². The minimum atomic E-state index is -0.460. The van der Waals surface area contributed by atoms with Crippen molar-refractivity contribution in [2.75, 3.05) is 72.2 Å². The summed E-state index contributed by atoms with van der Waals surface area (Å²) >= 11 is 0. The SMILES string of the molecule is O=C(CN1CCN(CC(O)COCC2CCCO2)CC1)N1CCCCC1. The molecule has 0 aromatic carbocycles. The molecule has 3 saturated heterocycles. The lowest BCUT2D eigenvalue weighted by molar-refractivity contribution is -0.133.